The van der Waals surface area contributed by atoms with E-state index in [0.717, 1.165) is 26.7 Å². The zero-order valence-corrected chi connectivity index (χ0v) is 14.1. The van der Waals surface area contributed by atoms with Crippen LogP contribution < -0.4 is 0 Å². The maximum atomic E-state index is 12.2. The van der Waals surface area contributed by atoms with Crippen molar-refractivity contribution in [1.29, 1.82) is 0 Å². The number of thioether (sulfide) groups is 1. The SMILES string of the molecule is CN(C)C(=O)c1ccccc1CSc1nc2ccccc2s1. The predicted octanol–water partition coefficient (Wildman–Crippen LogP) is 4.29. The van der Waals surface area contributed by atoms with Crippen molar-refractivity contribution in [3.63, 3.8) is 0 Å². The lowest BCUT2D eigenvalue weighted by atomic mass is 10.1. The van der Waals surface area contributed by atoms with Gasteiger partial charge in [-0.3, -0.25) is 4.79 Å². The van der Waals surface area contributed by atoms with Crippen molar-refractivity contribution in [3.05, 3.63) is 59.7 Å². The Balaban J connectivity index is 1.80. The first-order chi connectivity index (χ1) is 10.6. The fraction of sp³-hybridized carbons (Fsp3) is 0.176. The van der Waals surface area contributed by atoms with Gasteiger partial charge in [0.1, 0.15) is 0 Å². The summed E-state index contributed by atoms with van der Waals surface area (Å²) in [6, 6.07) is 15.9. The smallest absolute Gasteiger partial charge is 0.253 e. The predicted molar refractivity (Wildman–Crippen MR) is 93.6 cm³/mol. The Morgan fingerprint density at radius 1 is 1.14 bits per heavy atom. The maximum absolute atomic E-state index is 12.2. The number of hydrogen-bond donors (Lipinski definition) is 0. The molecule has 0 spiro atoms. The molecule has 0 bridgehead atoms. The van der Waals surface area contributed by atoms with Crippen molar-refractivity contribution in [2.24, 2.45) is 0 Å². The van der Waals surface area contributed by atoms with Crippen LogP contribution in [0.1, 0.15) is 15.9 Å². The van der Waals surface area contributed by atoms with Crippen molar-refractivity contribution >= 4 is 39.2 Å². The monoisotopic (exact) mass is 328 g/mol. The zero-order chi connectivity index (χ0) is 15.5. The third-order valence-corrected chi connectivity index (χ3v) is 5.51. The molecule has 0 fully saturated rings. The van der Waals surface area contributed by atoms with Crippen molar-refractivity contribution in [2.75, 3.05) is 14.1 Å². The highest BCUT2D eigenvalue weighted by atomic mass is 32.2. The van der Waals surface area contributed by atoms with Gasteiger partial charge in [-0.05, 0) is 23.8 Å². The van der Waals surface area contributed by atoms with E-state index in [1.807, 2.05) is 42.5 Å². The van der Waals surface area contributed by atoms with E-state index in [4.69, 9.17) is 0 Å². The molecule has 0 unspecified atom stereocenters. The summed E-state index contributed by atoms with van der Waals surface area (Å²) in [6.45, 7) is 0. The number of carbonyl (C=O) groups is 1. The minimum atomic E-state index is 0.0421. The molecule has 0 atom stereocenters. The Bertz CT molecular complexity index is 778. The second kappa shape index (κ2) is 6.50. The molecule has 0 saturated carbocycles. The minimum Gasteiger partial charge on any atom is -0.345 e. The number of benzene rings is 2. The number of para-hydroxylation sites is 1. The van der Waals surface area contributed by atoms with Crippen LogP contribution in [0.4, 0.5) is 0 Å². The van der Waals surface area contributed by atoms with Crippen molar-refractivity contribution in [3.8, 4) is 0 Å². The van der Waals surface area contributed by atoms with E-state index in [0.29, 0.717) is 0 Å². The van der Waals surface area contributed by atoms with Gasteiger partial charge in [0.05, 0.1) is 10.2 Å². The highest BCUT2D eigenvalue weighted by molar-refractivity contribution is 8.00. The van der Waals surface area contributed by atoms with Crippen LogP contribution in [-0.2, 0) is 5.75 Å². The Hall–Kier alpha value is -1.85. The summed E-state index contributed by atoms with van der Waals surface area (Å²) in [4.78, 5) is 18.5. The lowest BCUT2D eigenvalue weighted by Crippen LogP contribution is -2.22. The summed E-state index contributed by atoms with van der Waals surface area (Å²) in [5.74, 6) is 0.788. The van der Waals surface area contributed by atoms with Gasteiger partial charge >= 0.3 is 0 Å². The first-order valence-electron chi connectivity index (χ1n) is 6.93. The molecule has 0 aliphatic heterocycles. The van der Waals surface area contributed by atoms with Crippen LogP contribution >= 0.6 is 23.1 Å². The third-order valence-electron chi connectivity index (χ3n) is 3.28. The maximum Gasteiger partial charge on any atom is 0.253 e. The van der Waals surface area contributed by atoms with Crippen molar-refractivity contribution < 1.29 is 4.79 Å². The number of hydrogen-bond acceptors (Lipinski definition) is 4. The van der Waals surface area contributed by atoms with Gasteiger partial charge in [-0.1, -0.05) is 42.1 Å². The molecule has 1 heterocycles. The zero-order valence-electron chi connectivity index (χ0n) is 12.4. The quantitative estimate of drug-likeness (QED) is 0.670. The van der Waals surface area contributed by atoms with Gasteiger partial charge in [-0.2, -0.15) is 0 Å². The average Bonchev–Trinajstić information content (AvgIpc) is 2.95. The molecule has 3 nitrogen and oxygen atoms in total. The molecular formula is C17H16N2OS2. The van der Waals surface area contributed by atoms with Crippen LogP contribution in [-0.4, -0.2) is 29.9 Å². The third kappa shape index (κ3) is 3.15. The van der Waals surface area contributed by atoms with E-state index in [2.05, 4.69) is 11.1 Å². The molecule has 3 aromatic rings. The normalized spacial score (nSPS) is 10.8. The van der Waals surface area contributed by atoms with Crippen LogP contribution in [0.3, 0.4) is 0 Å². The lowest BCUT2D eigenvalue weighted by Gasteiger charge is -2.13. The van der Waals surface area contributed by atoms with E-state index < -0.39 is 0 Å². The minimum absolute atomic E-state index is 0.0421. The highest BCUT2D eigenvalue weighted by Crippen LogP contribution is 2.32. The van der Waals surface area contributed by atoms with Crippen molar-refractivity contribution in [1.82, 2.24) is 9.88 Å². The molecule has 22 heavy (non-hydrogen) atoms. The lowest BCUT2D eigenvalue weighted by molar-refractivity contribution is 0.0827. The summed E-state index contributed by atoms with van der Waals surface area (Å²) < 4.78 is 2.23. The molecule has 0 aliphatic carbocycles. The van der Waals surface area contributed by atoms with Gasteiger partial charge in [0.25, 0.3) is 5.91 Å². The van der Waals surface area contributed by atoms with Crippen LogP contribution in [0, 0.1) is 0 Å². The summed E-state index contributed by atoms with van der Waals surface area (Å²) in [5.41, 5.74) is 2.85. The van der Waals surface area contributed by atoms with E-state index >= 15 is 0 Å². The standard InChI is InChI=1S/C17H16N2OS2/c1-19(2)16(20)13-8-4-3-7-12(13)11-21-17-18-14-9-5-6-10-15(14)22-17/h3-10H,11H2,1-2H3. The Morgan fingerprint density at radius 2 is 1.86 bits per heavy atom. The molecular weight excluding hydrogens is 312 g/mol. The van der Waals surface area contributed by atoms with Crippen molar-refractivity contribution in [2.45, 2.75) is 10.1 Å². The molecule has 2 aromatic carbocycles. The molecule has 112 valence electrons. The molecule has 5 heteroatoms. The summed E-state index contributed by atoms with van der Waals surface area (Å²) in [5, 5.41) is 0. The first kappa shape index (κ1) is 15.1. The van der Waals surface area contributed by atoms with Crippen LogP contribution in [0.15, 0.2) is 52.9 Å². The highest BCUT2D eigenvalue weighted by Gasteiger charge is 2.13. The first-order valence-corrected chi connectivity index (χ1v) is 8.73. The number of nitrogens with zero attached hydrogens (tertiary/aromatic N) is 2. The molecule has 1 amide bonds. The Kier molecular flexibility index (Phi) is 4.45. The topological polar surface area (TPSA) is 33.2 Å². The molecule has 0 saturated heterocycles. The number of rotatable bonds is 4. The fourth-order valence-electron chi connectivity index (χ4n) is 2.15. The summed E-state index contributed by atoms with van der Waals surface area (Å²) in [6.07, 6.45) is 0. The van der Waals surface area contributed by atoms with Crippen LogP contribution in [0.2, 0.25) is 0 Å². The number of carbonyl (C=O) groups excluding carboxylic acids is 1. The van der Waals surface area contributed by atoms with E-state index in [1.165, 1.54) is 4.70 Å². The van der Waals surface area contributed by atoms with Gasteiger partial charge < -0.3 is 4.90 Å². The van der Waals surface area contributed by atoms with Gasteiger partial charge in [0.2, 0.25) is 0 Å². The van der Waals surface area contributed by atoms with Gasteiger partial charge in [-0.25, -0.2) is 4.98 Å². The summed E-state index contributed by atoms with van der Waals surface area (Å²) >= 11 is 3.37. The molecule has 1 aromatic heterocycles. The van der Waals surface area contributed by atoms with E-state index in [1.54, 1.807) is 42.1 Å². The molecule has 3 rings (SSSR count). The van der Waals surface area contributed by atoms with E-state index in [-0.39, 0.29) is 5.91 Å². The molecule has 0 N–H and O–H groups in total. The summed E-state index contributed by atoms with van der Waals surface area (Å²) in [7, 11) is 3.56. The van der Waals surface area contributed by atoms with E-state index in [9.17, 15) is 4.79 Å². The van der Waals surface area contributed by atoms with Crippen LogP contribution in [0.25, 0.3) is 10.2 Å². The molecule has 0 aliphatic rings. The van der Waals surface area contributed by atoms with Gasteiger partial charge in [-0.15, -0.1) is 11.3 Å². The number of amides is 1. The van der Waals surface area contributed by atoms with Gasteiger partial charge in [0.15, 0.2) is 4.34 Å². The number of fused-ring (bicyclic) bond motifs is 1. The second-order valence-corrected chi connectivity index (χ2v) is 7.35. The number of aromatic nitrogens is 1. The van der Waals surface area contributed by atoms with Gasteiger partial charge in [0, 0.05) is 25.4 Å². The number of thiazole rings is 1. The fourth-order valence-corrected chi connectivity index (χ4v) is 4.22. The largest absolute Gasteiger partial charge is 0.345 e. The van der Waals surface area contributed by atoms with Crippen LogP contribution in [0.5, 0.6) is 0 Å². The second-order valence-electron chi connectivity index (χ2n) is 5.09. The average molecular weight is 328 g/mol. The Morgan fingerprint density at radius 3 is 2.64 bits per heavy atom. The molecule has 0 radical (unpaired) electrons. The Labute approximate surface area is 138 Å².